The van der Waals surface area contributed by atoms with Crippen molar-refractivity contribution in [3.63, 3.8) is 0 Å². The maximum atomic E-state index is 5.64. The summed E-state index contributed by atoms with van der Waals surface area (Å²) in [6.45, 7) is 7.18. The number of likely N-dealkylation sites (N-methyl/N-ethyl adjacent to an activating group) is 1. The van der Waals surface area contributed by atoms with Gasteiger partial charge in [-0.05, 0) is 13.3 Å². The van der Waals surface area contributed by atoms with Crippen LogP contribution < -0.4 is 10.2 Å². The molecule has 1 N–H and O–H groups in total. The van der Waals surface area contributed by atoms with Crippen molar-refractivity contribution >= 4 is 11.6 Å². The summed E-state index contributed by atoms with van der Waals surface area (Å²) in [5, 5.41) is 3.11. The van der Waals surface area contributed by atoms with Crippen molar-refractivity contribution in [3.05, 3.63) is 11.9 Å². The lowest BCUT2D eigenvalue weighted by Crippen LogP contribution is -2.37. The van der Waals surface area contributed by atoms with Gasteiger partial charge in [0, 0.05) is 32.7 Å². The van der Waals surface area contributed by atoms with E-state index < -0.39 is 0 Å². The van der Waals surface area contributed by atoms with Crippen molar-refractivity contribution in [2.24, 2.45) is 0 Å². The first-order valence-electron chi connectivity index (χ1n) is 6.94. The van der Waals surface area contributed by atoms with Crippen molar-refractivity contribution in [2.75, 3.05) is 30.9 Å². The number of hydrogen-bond acceptors (Lipinski definition) is 5. The van der Waals surface area contributed by atoms with Crippen LogP contribution in [-0.4, -0.2) is 42.8 Å². The fourth-order valence-corrected chi connectivity index (χ4v) is 2.42. The van der Waals surface area contributed by atoms with Crippen molar-refractivity contribution in [2.45, 2.75) is 45.3 Å². The number of nitrogens with one attached hydrogen (secondary N) is 1. The topological polar surface area (TPSA) is 50.3 Å². The highest BCUT2D eigenvalue weighted by Gasteiger charge is 2.29. The molecule has 1 aliphatic rings. The van der Waals surface area contributed by atoms with Gasteiger partial charge in [0.2, 0.25) is 0 Å². The Balaban J connectivity index is 2.29. The quantitative estimate of drug-likeness (QED) is 0.904. The maximum absolute atomic E-state index is 5.64. The highest BCUT2D eigenvalue weighted by atomic mass is 16.5. The molecule has 0 saturated carbocycles. The molecular formula is C14H24N4O. The molecule has 5 heteroatoms. The summed E-state index contributed by atoms with van der Waals surface area (Å²) in [5.41, 5.74) is 0. The Kier molecular flexibility index (Phi) is 4.24. The molecule has 5 nitrogen and oxygen atoms in total. The van der Waals surface area contributed by atoms with Crippen LogP contribution in [0.2, 0.25) is 0 Å². The lowest BCUT2D eigenvalue weighted by atomic mass is 10.1. The van der Waals surface area contributed by atoms with Gasteiger partial charge < -0.3 is 15.0 Å². The van der Waals surface area contributed by atoms with Crippen LogP contribution in [0, 0.1) is 0 Å². The third kappa shape index (κ3) is 2.97. The number of ether oxygens (including phenoxy) is 1. The molecule has 106 valence electrons. The second-order valence-electron chi connectivity index (χ2n) is 5.42. The van der Waals surface area contributed by atoms with Crippen LogP contribution in [0.15, 0.2) is 6.07 Å². The Morgan fingerprint density at radius 1 is 1.42 bits per heavy atom. The van der Waals surface area contributed by atoms with Gasteiger partial charge >= 0.3 is 0 Å². The Morgan fingerprint density at radius 3 is 2.68 bits per heavy atom. The Bertz CT molecular complexity index is 435. The van der Waals surface area contributed by atoms with E-state index in [1.807, 2.05) is 13.1 Å². The molecule has 2 unspecified atom stereocenters. The van der Waals surface area contributed by atoms with Crippen molar-refractivity contribution in [1.82, 2.24) is 9.97 Å². The van der Waals surface area contributed by atoms with Gasteiger partial charge in [-0.3, -0.25) is 0 Å². The second-order valence-corrected chi connectivity index (χ2v) is 5.42. The fraction of sp³-hybridized carbons (Fsp3) is 0.714. The zero-order valence-corrected chi connectivity index (χ0v) is 12.5. The van der Waals surface area contributed by atoms with Crippen LogP contribution in [0.3, 0.4) is 0 Å². The van der Waals surface area contributed by atoms with Crippen molar-refractivity contribution < 1.29 is 4.74 Å². The predicted octanol–water partition coefficient (Wildman–Crippen LogP) is 2.26. The van der Waals surface area contributed by atoms with E-state index >= 15 is 0 Å². The molecule has 0 bridgehead atoms. The Morgan fingerprint density at radius 2 is 2.16 bits per heavy atom. The second kappa shape index (κ2) is 5.74. The molecule has 0 aliphatic carbocycles. The van der Waals surface area contributed by atoms with E-state index in [1.54, 1.807) is 0 Å². The van der Waals surface area contributed by atoms with Crippen molar-refractivity contribution in [1.29, 1.82) is 0 Å². The molecule has 0 aromatic carbocycles. The summed E-state index contributed by atoms with van der Waals surface area (Å²) in [5.74, 6) is 3.02. The number of rotatable bonds is 4. The summed E-state index contributed by atoms with van der Waals surface area (Å²) in [7, 11) is 3.97. The van der Waals surface area contributed by atoms with Crippen LogP contribution >= 0.6 is 0 Å². The number of aromatic nitrogens is 2. The molecule has 0 radical (unpaired) electrons. The lowest BCUT2D eigenvalue weighted by Gasteiger charge is -2.28. The minimum Gasteiger partial charge on any atom is -0.376 e. The van der Waals surface area contributed by atoms with E-state index in [2.05, 4.69) is 48.0 Å². The van der Waals surface area contributed by atoms with Crippen LogP contribution in [0.4, 0.5) is 11.6 Å². The third-order valence-electron chi connectivity index (χ3n) is 3.70. The summed E-state index contributed by atoms with van der Waals surface area (Å²) in [6.07, 6.45) is 1.30. The van der Waals surface area contributed by atoms with Gasteiger partial charge in [-0.2, -0.15) is 0 Å². The fourth-order valence-electron chi connectivity index (χ4n) is 2.42. The molecule has 0 amide bonds. The molecule has 19 heavy (non-hydrogen) atoms. The largest absolute Gasteiger partial charge is 0.376 e. The van der Waals surface area contributed by atoms with E-state index in [0.717, 1.165) is 30.5 Å². The smallest absolute Gasteiger partial charge is 0.135 e. The molecule has 0 spiro atoms. The van der Waals surface area contributed by atoms with E-state index in [4.69, 9.17) is 4.74 Å². The highest BCUT2D eigenvalue weighted by molar-refractivity contribution is 5.50. The molecule has 1 aromatic heterocycles. The molecule has 1 aliphatic heterocycles. The number of nitrogens with zero attached hydrogens (tertiary/aromatic N) is 3. The minimum absolute atomic E-state index is 0.250. The van der Waals surface area contributed by atoms with Gasteiger partial charge in [-0.15, -0.1) is 0 Å². The standard InChI is InChI=1S/C14H24N4O/c1-9(2)14-16-12(15-4)8-13(17-14)18(5)11-6-7-19-10(11)3/h8-11H,6-7H2,1-5H3,(H,15,16,17). The van der Waals surface area contributed by atoms with Gasteiger partial charge in [-0.25, -0.2) is 9.97 Å². The molecule has 1 saturated heterocycles. The zero-order valence-electron chi connectivity index (χ0n) is 12.5. The van der Waals surface area contributed by atoms with E-state index in [-0.39, 0.29) is 6.10 Å². The highest BCUT2D eigenvalue weighted by Crippen LogP contribution is 2.25. The van der Waals surface area contributed by atoms with Crippen LogP contribution in [0.1, 0.15) is 38.9 Å². The average Bonchev–Trinajstić information content (AvgIpc) is 2.83. The Hall–Kier alpha value is -1.36. The normalized spacial score (nSPS) is 22.8. The summed E-state index contributed by atoms with van der Waals surface area (Å²) in [6, 6.07) is 2.39. The lowest BCUT2D eigenvalue weighted by molar-refractivity contribution is 0.118. The van der Waals surface area contributed by atoms with Gasteiger partial charge in [0.1, 0.15) is 17.5 Å². The van der Waals surface area contributed by atoms with Gasteiger partial charge in [-0.1, -0.05) is 13.8 Å². The molecular weight excluding hydrogens is 240 g/mol. The van der Waals surface area contributed by atoms with E-state index in [9.17, 15) is 0 Å². The Labute approximate surface area is 115 Å². The number of anilines is 2. The average molecular weight is 264 g/mol. The van der Waals surface area contributed by atoms with Crippen molar-refractivity contribution in [3.8, 4) is 0 Å². The molecule has 2 heterocycles. The van der Waals surface area contributed by atoms with E-state index in [0.29, 0.717) is 12.0 Å². The first-order chi connectivity index (χ1) is 9.02. The molecule has 2 atom stereocenters. The maximum Gasteiger partial charge on any atom is 0.135 e. The predicted molar refractivity (Wildman–Crippen MR) is 77.9 cm³/mol. The molecule has 2 rings (SSSR count). The van der Waals surface area contributed by atoms with E-state index in [1.165, 1.54) is 0 Å². The molecule has 1 fully saturated rings. The van der Waals surface area contributed by atoms with Crippen LogP contribution in [0.5, 0.6) is 0 Å². The van der Waals surface area contributed by atoms with Gasteiger partial charge in [0.25, 0.3) is 0 Å². The summed E-state index contributed by atoms with van der Waals surface area (Å²) >= 11 is 0. The monoisotopic (exact) mass is 264 g/mol. The summed E-state index contributed by atoms with van der Waals surface area (Å²) in [4.78, 5) is 11.4. The summed E-state index contributed by atoms with van der Waals surface area (Å²) < 4.78 is 5.64. The van der Waals surface area contributed by atoms with Crippen LogP contribution in [-0.2, 0) is 4.74 Å². The van der Waals surface area contributed by atoms with Gasteiger partial charge in [0.15, 0.2) is 0 Å². The third-order valence-corrected chi connectivity index (χ3v) is 3.70. The minimum atomic E-state index is 0.250. The van der Waals surface area contributed by atoms with Gasteiger partial charge in [0.05, 0.1) is 12.1 Å². The van der Waals surface area contributed by atoms with Crippen LogP contribution in [0.25, 0.3) is 0 Å². The first kappa shape index (κ1) is 14.1. The zero-order chi connectivity index (χ0) is 14.0. The first-order valence-corrected chi connectivity index (χ1v) is 6.94. The SMILES string of the molecule is CNc1cc(N(C)C2CCOC2C)nc(C(C)C)n1. The molecule has 1 aromatic rings. The number of hydrogen-bond donors (Lipinski definition) is 1.